The normalized spacial score (nSPS) is 15.5. The summed E-state index contributed by atoms with van der Waals surface area (Å²) in [6, 6.07) is 7.48. The van der Waals surface area contributed by atoms with Gasteiger partial charge in [-0.25, -0.2) is 4.79 Å². The summed E-state index contributed by atoms with van der Waals surface area (Å²) >= 11 is 6.02. The van der Waals surface area contributed by atoms with Gasteiger partial charge in [-0.3, -0.25) is 4.79 Å². The zero-order chi connectivity index (χ0) is 17.8. The molecule has 2 amide bonds. The van der Waals surface area contributed by atoms with Crippen molar-refractivity contribution >= 4 is 23.6 Å². The van der Waals surface area contributed by atoms with Crippen molar-refractivity contribution in [2.45, 2.75) is 51.0 Å². The molecule has 1 aromatic rings. The van der Waals surface area contributed by atoms with Crippen LogP contribution in [-0.4, -0.2) is 30.7 Å². The van der Waals surface area contributed by atoms with E-state index in [1.165, 1.54) is 0 Å². The molecule has 0 saturated heterocycles. The predicted molar refractivity (Wildman–Crippen MR) is 94.2 cm³/mol. The van der Waals surface area contributed by atoms with Crippen molar-refractivity contribution in [3.8, 4) is 0 Å². The Balaban J connectivity index is 1.71. The summed E-state index contributed by atoms with van der Waals surface area (Å²) in [6.07, 6.45) is 1.90. The number of carbonyl (C=O) groups excluding carboxylic acids is 2. The van der Waals surface area contributed by atoms with Crippen molar-refractivity contribution in [1.29, 1.82) is 0 Å². The molecule has 1 aliphatic carbocycles. The van der Waals surface area contributed by atoms with Gasteiger partial charge in [0.25, 0.3) is 0 Å². The Kier molecular flexibility index (Phi) is 5.75. The van der Waals surface area contributed by atoms with E-state index in [9.17, 15) is 9.59 Å². The van der Waals surface area contributed by atoms with Crippen LogP contribution in [0.5, 0.6) is 0 Å². The Hall–Kier alpha value is -1.75. The van der Waals surface area contributed by atoms with Crippen LogP contribution in [0.3, 0.4) is 0 Å². The molecule has 5 nitrogen and oxygen atoms in total. The fraction of sp³-hybridized carbons (Fsp3) is 0.556. The molecule has 2 N–H and O–H groups in total. The smallest absolute Gasteiger partial charge is 0.407 e. The molecule has 0 atom stereocenters. The van der Waals surface area contributed by atoms with Gasteiger partial charge in [0.15, 0.2) is 0 Å². The number of hydrogen-bond donors (Lipinski definition) is 2. The second-order valence-electron chi connectivity index (χ2n) is 7.13. The number of nitrogens with one attached hydrogen (secondary N) is 2. The van der Waals surface area contributed by atoms with Gasteiger partial charge in [0.05, 0.1) is 5.41 Å². The maximum Gasteiger partial charge on any atom is 0.407 e. The van der Waals surface area contributed by atoms with Crippen molar-refractivity contribution in [3.05, 3.63) is 34.9 Å². The number of ether oxygens (including phenoxy) is 1. The molecule has 132 valence electrons. The first-order valence-electron chi connectivity index (χ1n) is 8.24. The first-order valence-corrected chi connectivity index (χ1v) is 8.62. The Labute approximate surface area is 148 Å². The molecule has 1 aromatic carbocycles. The maximum atomic E-state index is 12.5. The van der Waals surface area contributed by atoms with Crippen LogP contribution >= 0.6 is 11.6 Å². The Morgan fingerprint density at radius 3 is 2.46 bits per heavy atom. The SMILES string of the molecule is CC(C)(C)OC(=O)NCCCNC(=O)C1(c2cccc(Cl)c2)CC1. The summed E-state index contributed by atoms with van der Waals surface area (Å²) in [5.41, 5.74) is 0.0382. The van der Waals surface area contributed by atoms with Gasteiger partial charge in [-0.05, 0) is 57.7 Å². The van der Waals surface area contributed by atoms with Gasteiger partial charge in [0.1, 0.15) is 5.60 Å². The van der Waals surface area contributed by atoms with E-state index in [4.69, 9.17) is 16.3 Å². The molecule has 0 aliphatic heterocycles. The molecular weight excluding hydrogens is 328 g/mol. The standard InChI is InChI=1S/C18H25ClN2O3/c1-17(2,3)24-16(23)21-11-5-10-20-15(22)18(8-9-18)13-6-4-7-14(19)12-13/h4,6-7,12H,5,8-11H2,1-3H3,(H,20,22)(H,21,23). The van der Waals surface area contributed by atoms with E-state index in [2.05, 4.69) is 10.6 Å². The zero-order valence-corrected chi connectivity index (χ0v) is 15.2. The van der Waals surface area contributed by atoms with Gasteiger partial charge in [-0.15, -0.1) is 0 Å². The number of alkyl carbamates (subject to hydrolysis) is 1. The van der Waals surface area contributed by atoms with E-state index in [1.807, 2.05) is 39.0 Å². The topological polar surface area (TPSA) is 67.4 Å². The molecule has 0 unspecified atom stereocenters. The molecule has 6 heteroatoms. The van der Waals surface area contributed by atoms with Gasteiger partial charge in [-0.1, -0.05) is 23.7 Å². The molecule has 1 aliphatic rings. The number of halogens is 1. The van der Waals surface area contributed by atoms with Gasteiger partial charge >= 0.3 is 6.09 Å². The van der Waals surface area contributed by atoms with E-state index in [-0.39, 0.29) is 5.91 Å². The van der Waals surface area contributed by atoms with E-state index >= 15 is 0 Å². The van der Waals surface area contributed by atoms with Crippen LogP contribution in [0, 0.1) is 0 Å². The summed E-state index contributed by atoms with van der Waals surface area (Å²) in [6.45, 7) is 6.42. The van der Waals surface area contributed by atoms with Gasteiger partial charge in [0.2, 0.25) is 5.91 Å². The Bertz CT molecular complexity index is 607. The monoisotopic (exact) mass is 352 g/mol. The maximum absolute atomic E-state index is 12.5. The van der Waals surface area contributed by atoms with Gasteiger partial charge in [-0.2, -0.15) is 0 Å². The first-order chi connectivity index (χ1) is 11.2. The minimum absolute atomic E-state index is 0.0297. The van der Waals surface area contributed by atoms with Crippen LogP contribution in [0.15, 0.2) is 24.3 Å². The molecular formula is C18H25ClN2O3. The highest BCUT2D eigenvalue weighted by Crippen LogP contribution is 2.48. The van der Waals surface area contributed by atoms with E-state index < -0.39 is 17.1 Å². The zero-order valence-electron chi connectivity index (χ0n) is 14.4. The lowest BCUT2D eigenvalue weighted by atomic mass is 9.95. The van der Waals surface area contributed by atoms with Crippen molar-refractivity contribution in [1.82, 2.24) is 10.6 Å². The lowest BCUT2D eigenvalue weighted by molar-refractivity contribution is -0.123. The minimum Gasteiger partial charge on any atom is -0.444 e. The second-order valence-corrected chi connectivity index (χ2v) is 7.57. The highest BCUT2D eigenvalue weighted by Gasteiger charge is 2.51. The van der Waals surface area contributed by atoms with E-state index in [0.29, 0.717) is 24.5 Å². The van der Waals surface area contributed by atoms with Crippen LogP contribution in [-0.2, 0) is 14.9 Å². The van der Waals surface area contributed by atoms with Crippen LogP contribution in [0.1, 0.15) is 45.6 Å². The minimum atomic E-state index is -0.506. The number of benzene rings is 1. The fourth-order valence-corrected chi connectivity index (χ4v) is 2.71. The molecule has 24 heavy (non-hydrogen) atoms. The second kappa shape index (κ2) is 7.43. The van der Waals surface area contributed by atoms with Crippen LogP contribution in [0.2, 0.25) is 5.02 Å². The van der Waals surface area contributed by atoms with Crippen molar-refractivity contribution in [2.75, 3.05) is 13.1 Å². The lowest BCUT2D eigenvalue weighted by Crippen LogP contribution is -2.37. The molecule has 0 radical (unpaired) electrons. The summed E-state index contributed by atoms with van der Waals surface area (Å²) in [4.78, 5) is 24.0. The Morgan fingerprint density at radius 1 is 1.21 bits per heavy atom. The summed E-state index contributed by atoms with van der Waals surface area (Å²) < 4.78 is 5.15. The van der Waals surface area contributed by atoms with E-state index in [0.717, 1.165) is 18.4 Å². The Morgan fingerprint density at radius 2 is 1.88 bits per heavy atom. The molecule has 1 saturated carbocycles. The highest BCUT2D eigenvalue weighted by molar-refractivity contribution is 6.30. The number of carbonyl (C=O) groups is 2. The highest BCUT2D eigenvalue weighted by atomic mass is 35.5. The van der Waals surface area contributed by atoms with Crippen molar-refractivity contribution in [3.63, 3.8) is 0 Å². The average molecular weight is 353 g/mol. The van der Waals surface area contributed by atoms with Gasteiger partial charge in [0, 0.05) is 18.1 Å². The summed E-state index contributed by atoms with van der Waals surface area (Å²) in [5, 5.41) is 6.27. The summed E-state index contributed by atoms with van der Waals surface area (Å²) in [5.74, 6) is 0.0297. The average Bonchev–Trinajstić information content (AvgIpc) is 3.26. The molecule has 0 heterocycles. The molecule has 0 spiro atoms. The number of rotatable bonds is 6. The first kappa shape index (κ1) is 18.6. The van der Waals surface area contributed by atoms with Crippen molar-refractivity contribution in [2.24, 2.45) is 0 Å². The van der Waals surface area contributed by atoms with Crippen molar-refractivity contribution < 1.29 is 14.3 Å². The van der Waals surface area contributed by atoms with Crippen LogP contribution < -0.4 is 10.6 Å². The van der Waals surface area contributed by atoms with Crippen LogP contribution in [0.4, 0.5) is 4.79 Å². The largest absolute Gasteiger partial charge is 0.444 e. The number of hydrogen-bond acceptors (Lipinski definition) is 3. The lowest BCUT2D eigenvalue weighted by Gasteiger charge is -2.20. The predicted octanol–water partition coefficient (Wildman–Crippen LogP) is 3.40. The third kappa shape index (κ3) is 5.13. The van der Waals surface area contributed by atoms with E-state index in [1.54, 1.807) is 6.07 Å². The molecule has 0 aromatic heterocycles. The van der Waals surface area contributed by atoms with Crippen LogP contribution in [0.25, 0.3) is 0 Å². The number of amides is 2. The molecule has 0 bridgehead atoms. The summed E-state index contributed by atoms with van der Waals surface area (Å²) in [7, 11) is 0. The third-order valence-electron chi connectivity index (χ3n) is 3.87. The third-order valence-corrected chi connectivity index (χ3v) is 4.10. The van der Waals surface area contributed by atoms with Gasteiger partial charge < -0.3 is 15.4 Å². The quantitative estimate of drug-likeness (QED) is 0.771. The molecule has 2 rings (SSSR count). The molecule has 1 fully saturated rings. The fourth-order valence-electron chi connectivity index (χ4n) is 2.52.